The molecular weight excluding hydrogens is 420 g/mol. The van der Waals surface area contributed by atoms with Gasteiger partial charge in [0, 0.05) is 11.8 Å². The van der Waals surface area contributed by atoms with Crippen LogP contribution in [0.1, 0.15) is 37.1 Å². The zero-order valence-corrected chi connectivity index (χ0v) is 17.6. The monoisotopic (exact) mass is 440 g/mol. The lowest BCUT2D eigenvalue weighted by atomic mass is 10.0. The fraction of sp³-hybridized carbons (Fsp3) is 0.286. The van der Waals surface area contributed by atoms with Gasteiger partial charge in [0.2, 0.25) is 10.0 Å². The topological polar surface area (TPSA) is 137 Å². The van der Waals surface area contributed by atoms with E-state index in [1.807, 2.05) is 0 Å². The van der Waals surface area contributed by atoms with E-state index in [4.69, 9.17) is 14.4 Å². The van der Waals surface area contributed by atoms with Crippen LogP contribution in [0.2, 0.25) is 0 Å². The first-order valence-corrected chi connectivity index (χ1v) is 11.2. The van der Waals surface area contributed by atoms with Crippen molar-refractivity contribution in [1.29, 1.82) is 0 Å². The largest absolute Gasteiger partial charge is 0.481 e. The Hall–Kier alpha value is -3.24. The number of benzene rings is 2. The Morgan fingerprint density at radius 1 is 1.13 bits per heavy atom. The van der Waals surface area contributed by atoms with Gasteiger partial charge < -0.3 is 14.6 Å². The van der Waals surface area contributed by atoms with Gasteiger partial charge >= 0.3 is 0 Å². The molecular formula is C21H20N4O5S. The van der Waals surface area contributed by atoms with Crippen LogP contribution in [-0.4, -0.2) is 31.1 Å². The number of rotatable bonds is 4. The molecule has 0 unspecified atom stereocenters. The van der Waals surface area contributed by atoms with Crippen LogP contribution < -0.4 is 15.2 Å². The summed E-state index contributed by atoms with van der Waals surface area (Å²) in [7, 11) is -3.74. The van der Waals surface area contributed by atoms with Gasteiger partial charge in [-0.2, -0.15) is 4.98 Å². The predicted octanol–water partition coefficient (Wildman–Crippen LogP) is 2.62. The first-order chi connectivity index (χ1) is 14.7. The van der Waals surface area contributed by atoms with Crippen molar-refractivity contribution in [3.05, 3.63) is 53.9 Å². The Bertz CT molecular complexity index is 1300. The first kappa shape index (κ1) is 19.7. The van der Waals surface area contributed by atoms with Gasteiger partial charge in [-0.25, -0.2) is 13.6 Å². The molecule has 10 heteroatoms. The molecule has 0 radical (unpaired) electrons. The maximum Gasteiger partial charge on any atom is 0.262 e. The van der Waals surface area contributed by atoms with E-state index in [0.29, 0.717) is 28.7 Å². The minimum Gasteiger partial charge on any atom is -0.481 e. The third-order valence-corrected chi connectivity index (χ3v) is 6.91. The van der Waals surface area contributed by atoms with Gasteiger partial charge in [0.1, 0.15) is 0 Å². The molecule has 0 saturated heterocycles. The molecule has 3 aromatic rings. The second kappa shape index (κ2) is 6.63. The number of hydrogen-bond acceptors (Lipinski definition) is 7. The fourth-order valence-electron chi connectivity index (χ4n) is 4.36. The number of anilines is 1. The molecule has 2 atom stereocenters. The number of ether oxygens (including phenoxy) is 1. The van der Waals surface area contributed by atoms with Gasteiger partial charge in [-0.15, -0.1) is 0 Å². The van der Waals surface area contributed by atoms with Crippen LogP contribution in [0.3, 0.4) is 0 Å². The number of nitrogens with one attached hydrogen (secondary N) is 1. The summed E-state index contributed by atoms with van der Waals surface area (Å²) in [6.07, 6.45) is 0. The lowest BCUT2D eigenvalue weighted by Gasteiger charge is -2.19. The number of nitrogens with two attached hydrogens (primary N) is 1. The summed E-state index contributed by atoms with van der Waals surface area (Å²) in [5, 5.41) is 12.2. The molecule has 160 valence electrons. The number of para-hydroxylation sites is 1. The quantitative estimate of drug-likeness (QED) is 0.636. The molecule has 1 aliphatic carbocycles. The molecule has 2 aliphatic rings. The highest BCUT2D eigenvalue weighted by Gasteiger charge is 2.61. The molecule has 0 spiro atoms. The van der Waals surface area contributed by atoms with Crippen molar-refractivity contribution in [2.24, 2.45) is 10.6 Å². The van der Waals surface area contributed by atoms with Gasteiger partial charge in [0.05, 0.1) is 16.1 Å². The second-order valence-corrected chi connectivity index (χ2v) is 9.93. The molecule has 2 heterocycles. The summed E-state index contributed by atoms with van der Waals surface area (Å²) in [5.74, 6) is 1.28. The molecule has 1 aliphatic heterocycles. The van der Waals surface area contributed by atoms with E-state index in [-0.39, 0.29) is 34.7 Å². The van der Waals surface area contributed by atoms with E-state index in [9.17, 15) is 13.2 Å². The summed E-state index contributed by atoms with van der Waals surface area (Å²) >= 11 is 0. The summed E-state index contributed by atoms with van der Waals surface area (Å²) < 4.78 is 34.1. The highest BCUT2D eigenvalue weighted by Crippen LogP contribution is 2.69. The number of amides is 1. The average molecular weight is 440 g/mol. The zero-order chi connectivity index (χ0) is 22.0. The van der Waals surface area contributed by atoms with Crippen molar-refractivity contribution in [2.45, 2.75) is 30.6 Å². The fourth-order valence-corrected chi connectivity index (χ4v) is 4.88. The molecule has 0 bridgehead atoms. The second-order valence-electron chi connectivity index (χ2n) is 8.37. The van der Waals surface area contributed by atoms with Crippen LogP contribution in [0.15, 0.2) is 51.9 Å². The Labute approximate surface area is 178 Å². The van der Waals surface area contributed by atoms with E-state index >= 15 is 0 Å². The first-order valence-electron chi connectivity index (χ1n) is 9.68. The van der Waals surface area contributed by atoms with Crippen molar-refractivity contribution in [3.8, 4) is 17.2 Å². The summed E-state index contributed by atoms with van der Waals surface area (Å²) in [6.45, 7) is 4.14. The van der Waals surface area contributed by atoms with Crippen molar-refractivity contribution in [2.75, 3.05) is 11.9 Å². The Balaban J connectivity index is 1.44. The van der Waals surface area contributed by atoms with Crippen LogP contribution in [0, 0.1) is 5.41 Å². The third kappa shape index (κ3) is 3.28. The molecule has 1 fully saturated rings. The van der Waals surface area contributed by atoms with Crippen LogP contribution in [0.25, 0.3) is 11.5 Å². The van der Waals surface area contributed by atoms with E-state index in [1.165, 1.54) is 12.1 Å². The van der Waals surface area contributed by atoms with Gasteiger partial charge in [-0.1, -0.05) is 37.2 Å². The Morgan fingerprint density at radius 3 is 2.58 bits per heavy atom. The van der Waals surface area contributed by atoms with Crippen molar-refractivity contribution >= 4 is 21.6 Å². The highest BCUT2D eigenvalue weighted by molar-refractivity contribution is 7.89. The summed E-state index contributed by atoms with van der Waals surface area (Å²) in [6, 6.07) is 11.9. The number of aromatic nitrogens is 2. The maximum atomic E-state index is 11.6. The number of sulfonamides is 1. The van der Waals surface area contributed by atoms with E-state index < -0.39 is 10.0 Å². The van der Waals surface area contributed by atoms with Gasteiger partial charge in [-0.3, -0.25) is 4.79 Å². The van der Waals surface area contributed by atoms with Gasteiger partial charge in [-0.05, 0) is 35.2 Å². The van der Waals surface area contributed by atoms with Crippen molar-refractivity contribution in [1.82, 2.24) is 10.1 Å². The van der Waals surface area contributed by atoms with E-state index in [1.54, 1.807) is 30.3 Å². The highest BCUT2D eigenvalue weighted by atomic mass is 32.2. The molecule has 2 aromatic carbocycles. The minimum absolute atomic E-state index is 0.00509. The Morgan fingerprint density at radius 2 is 1.87 bits per heavy atom. The maximum absolute atomic E-state index is 11.6. The standard InChI is InChI=1S/C21H20N4O5S/c1-21(2)16(11-6-8-12(9-7-11)31(22,27)28)17(21)19-24-20(30-25-19)13-4-3-5-14-18(13)29-10-15(26)23-14/h3-9,16-17H,10H2,1-2H3,(H,23,26)(H2,22,27,28)/t16-,17+/m0/s1. The van der Waals surface area contributed by atoms with Crippen molar-refractivity contribution < 1.29 is 22.5 Å². The van der Waals surface area contributed by atoms with Crippen LogP contribution >= 0.6 is 0 Å². The normalized spacial score (nSPS) is 21.7. The smallest absolute Gasteiger partial charge is 0.262 e. The van der Waals surface area contributed by atoms with Crippen LogP contribution in [0.4, 0.5) is 5.69 Å². The molecule has 1 saturated carbocycles. The molecule has 3 N–H and O–H groups in total. The van der Waals surface area contributed by atoms with E-state index in [2.05, 4.69) is 29.3 Å². The lowest BCUT2D eigenvalue weighted by Crippen LogP contribution is -2.25. The molecule has 1 amide bonds. The number of fused-ring (bicyclic) bond motifs is 1. The molecule has 5 rings (SSSR count). The number of hydrogen-bond donors (Lipinski definition) is 2. The SMILES string of the molecule is CC1(C)[C@@H](c2ccc(S(N)(=O)=O)cc2)[C@@H]1c1noc(-c2cccc3c2OCC(=O)N3)n1. The lowest BCUT2D eigenvalue weighted by molar-refractivity contribution is -0.118. The third-order valence-electron chi connectivity index (χ3n) is 5.98. The molecule has 1 aromatic heterocycles. The number of carbonyl (C=O) groups excluding carboxylic acids is 1. The zero-order valence-electron chi connectivity index (χ0n) is 16.8. The van der Waals surface area contributed by atoms with Crippen LogP contribution in [-0.2, 0) is 14.8 Å². The number of carbonyl (C=O) groups is 1. The summed E-state index contributed by atoms with van der Waals surface area (Å²) in [5.41, 5.74) is 2.03. The average Bonchev–Trinajstić information content (AvgIpc) is 3.06. The Kier molecular flexibility index (Phi) is 4.21. The van der Waals surface area contributed by atoms with Crippen LogP contribution in [0.5, 0.6) is 5.75 Å². The number of primary sulfonamides is 1. The molecule has 9 nitrogen and oxygen atoms in total. The van der Waals surface area contributed by atoms with Gasteiger partial charge in [0.15, 0.2) is 18.2 Å². The predicted molar refractivity (Wildman–Crippen MR) is 111 cm³/mol. The van der Waals surface area contributed by atoms with E-state index in [0.717, 1.165) is 5.56 Å². The number of nitrogens with zero attached hydrogens (tertiary/aromatic N) is 2. The van der Waals surface area contributed by atoms with Gasteiger partial charge in [0.25, 0.3) is 11.8 Å². The molecule has 31 heavy (non-hydrogen) atoms. The van der Waals surface area contributed by atoms with Crippen molar-refractivity contribution in [3.63, 3.8) is 0 Å². The minimum atomic E-state index is -3.74. The summed E-state index contributed by atoms with van der Waals surface area (Å²) in [4.78, 5) is 16.3.